The van der Waals surface area contributed by atoms with Gasteiger partial charge in [-0.15, -0.1) is 0 Å². The van der Waals surface area contributed by atoms with Crippen LogP contribution in [0.15, 0.2) is 10.5 Å². The monoisotopic (exact) mass is 230 g/mol. The maximum absolute atomic E-state index is 8.54. The van der Waals surface area contributed by atoms with Crippen LogP contribution in [0.5, 0.6) is 0 Å². The van der Waals surface area contributed by atoms with Crippen LogP contribution in [-0.4, -0.2) is 4.98 Å². The summed E-state index contributed by atoms with van der Waals surface area (Å²) in [7, 11) is 0. The Balaban J connectivity index is 3.35. The first-order chi connectivity index (χ1) is 5.15. The predicted molar refractivity (Wildman–Crippen MR) is 46.4 cm³/mol. The molecule has 0 radical (unpaired) electrons. The molecule has 0 spiro atoms. The van der Waals surface area contributed by atoms with Gasteiger partial charge in [0.15, 0.2) is 0 Å². The number of halogens is 2. The average Bonchev–Trinajstić information content (AvgIpc) is 1.97. The van der Waals surface area contributed by atoms with Crippen molar-refractivity contribution in [2.45, 2.75) is 6.92 Å². The molecule has 0 saturated carbocycles. The van der Waals surface area contributed by atoms with E-state index in [4.69, 9.17) is 16.9 Å². The van der Waals surface area contributed by atoms with E-state index < -0.39 is 0 Å². The molecule has 1 aromatic heterocycles. The number of rotatable bonds is 0. The Morgan fingerprint density at radius 1 is 1.73 bits per heavy atom. The summed E-state index contributed by atoms with van der Waals surface area (Å²) in [4.78, 5) is 3.94. The molecule has 0 atom stereocenters. The highest BCUT2D eigenvalue weighted by Gasteiger charge is 2.03. The van der Waals surface area contributed by atoms with E-state index in [0.717, 1.165) is 10.2 Å². The number of pyridine rings is 1. The largest absolute Gasteiger partial charge is 0.239 e. The minimum absolute atomic E-state index is 0.258. The number of hydrogen-bond acceptors (Lipinski definition) is 2. The van der Waals surface area contributed by atoms with E-state index >= 15 is 0 Å². The Hall–Kier alpha value is -0.590. The van der Waals surface area contributed by atoms with Crippen LogP contribution in [0, 0.1) is 18.3 Å². The second-order valence-corrected chi connectivity index (χ2v) is 3.22. The van der Waals surface area contributed by atoms with Crippen LogP contribution in [0.25, 0.3) is 0 Å². The van der Waals surface area contributed by atoms with E-state index in [9.17, 15) is 0 Å². The van der Waals surface area contributed by atoms with Gasteiger partial charge in [0.25, 0.3) is 0 Å². The smallest absolute Gasteiger partial charge is 0.147 e. The van der Waals surface area contributed by atoms with Crippen LogP contribution in [0.4, 0.5) is 0 Å². The first kappa shape index (κ1) is 8.51. The van der Waals surface area contributed by atoms with Gasteiger partial charge < -0.3 is 0 Å². The van der Waals surface area contributed by atoms with Gasteiger partial charge in [-0.1, -0.05) is 11.6 Å². The Labute approximate surface area is 77.9 Å². The molecule has 0 aliphatic carbocycles. The predicted octanol–water partition coefficient (Wildman–Crippen LogP) is 2.68. The normalized spacial score (nSPS) is 9.27. The molecule has 0 saturated heterocycles. The van der Waals surface area contributed by atoms with Crippen LogP contribution in [0.1, 0.15) is 11.3 Å². The van der Waals surface area contributed by atoms with Gasteiger partial charge in [0.05, 0.1) is 11.3 Å². The third kappa shape index (κ3) is 1.70. The Morgan fingerprint density at radius 3 is 2.91 bits per heavy atom. The van der Waals surface area contributed by atoms with Crippen molar-refractivity contribution < 1.29 is 0 Å². The number of aryl methyl sites for hydroxylation is 1. The molecule has 0 amide bonds. The Kier molecular flexibility index (Phi) is 2.48. The minimum Gasteiger partial charge on any atom is -0.239 e. The quantitative estimate of drug-likeness (QED) is 0.644. The summed E-state index contributed by atoms with van der Waals surface area (Å²) in [5.41, 5.74) is 1.18. The summed E-state index contributed by atoms with van der Waals surface area (Å²) in [6.45, 7) is 1.82. The lowest BCUT2D eigenvalue weighted by atomic mass is 10.3. The molecule has 2 nitrogen and oxygen atoms in total. The van der Waals surface area contributed by atoms with E-state index in [1.807, 2.05) is 13.0 Å². The topological polar surface area (TPSA) is 36.7 Å². The van der Waals surface area contributed by atoms with Crippen molar-refractivity contribution in [2.24, 2.45) is 0 Å². The maximum atomic E-state index is 8.54. The summed E-state index contributed by atoms with van der Waals surface area (Å²) in [6, 6.07) is 3.60. The van der Waals surface area contributed by atoms with Crippen molar-refractivity contribution in [3.05, 3.63) is 26.9 Å². The van der Waals surface area contributed by atoms with Crippen LogP contribution in [0.3, 0.4) is 0 Å². The molecule has 0 unspecified atom stereocenters. The third-order valence-corrected chi connectivity index (χ3v) is 2.32. The highest BCUT2D eigenvalue weighted by molar-refractivity contribution is 9.10. The molecule has 56 valence electrons. The second-order valence-electron chi connectivity index (χ2n) is 2.01. The van der Waals surface area contributed by atoms with Gasteiger partial charge >= 0.3 is 0 Å². The molecule has 0 bridgehead atoms. The van der Waals surface area contributed by atoms with Gasteiger partial charge in [-0.25, -0.2) is 4.98 Å². The highest BCUT2D eigenvalue weighted by atomic mass is 79.9. The lowest BCUT2D eigenvalue weighted by molar-refractivity contribution is 1.17. The SMILES string of the molecule is Cc1nc(Cl)c(C#N)cc1Br. The summed E-state index contributed by atoms with van der Waals surface area (Å²) in [6.07, 6.45) is 0. The zero-order chi connectivity index (χ0) is 8.43. The van der Waals surface area contributed by atoms with E-state index in [1.165, 1.54) is 0 Å². The maximum Gasteiger partial charge on any atom is 0.147 e. The molecular weight excluding hydrogens is 227 g/mol. The Morgan fingerprint density at radius 2 is 2.36 bits per heavy atom. The Bertz CT molecular complexity index is 330. The molecule has 0 fully saturated rings. The highest BCUT2D eigenvalue weighted by Crippen LogP contribution is 2.20. The fourth-order valence-electron chi connectivity index (χ4n) is 0.630. The molecule has 0 aliphatic heterocycles. The summed E-state index contributed by atoms with van der Waals surface area (Å²) < 4.78 is 0.804. The van der Waals surface area contributed by atoms with Gasteiger partial charge in [-0.2, -0.15) is 5.26 Å². The molecule has 1 rings (SSSR count). The lowest BCUT2D eigenvalue weighted by Crippen LogP contribution is -1.87. The van der Waals surface area contributed by atoms with Crippen molar-refractivity contribution in [1.82, 2.24) is 4.98 Å². The van der Waals surface area contributed by atoms with Crippen molar-refractivity contribution in [2.75, 3.05) is 0 Å². The van der Waals surface area contributed by atoms with Gasteiger partial charge in [-0.05, 0) is 28.9 Å². The van der Waals surface area contributed by atoms with Gasteiger partial charge in [0.1, 0.15) is 11.2 Å². The lowest BCUT2D eigenvalue weighted by Gasteiger charge is -1.98. The van der Waals surface area contributed by atoms with Crippen LogP contribution in [0.2, 0.25) is 5.15 Å². The summed E-state index contributed by atoms with van der Waals surface area (Å²) in [5, 5.41) is 8.80. The van der Waals surface area contributed by atoms with Gasteiger partial charge in [-0.3, -0.25) is 0 Å². The van der Waals surface area contributed by atoms with Crippen molar-refractivity contribution in [3.63, 3.8) is 0 Å². The number of aromatic nitrogens is 1. The van der Waals surface area contributed by atoms with E-state index in [1.54, 1.807) is 6.07 Å². The van der Waals surface area contributed by atoms with Crippen LogP contribution >= 0.6 is 27.5 Å². The zero-order valence-electron chi connectivity index (χ0n) is 5.73. The molecule has 0 aromatic carbocycles. The van der Waals surface area contributed by atoms with Crippen LogP contribution < -0.4 is 0 Å². The molecule has 4 heteroatoms. The second kappa shape index (κ2) is 3.21. The van der Waals surface area contributed by atoms with Crippen molar-refractivity contribution in [1.29, 1.82) is 5.26 Å². The molecule has 1 aromatic rings. The molecule has 11 heavy (non-hydrogen) atoms. The molecule has 0 N–H and O–H groups in total. The standard InChI is InChI=1S/C7H4BrClN2/c1-4-6(8)2-5(3-10)7(9)11-4/h2H,1H3. The molecular formula is C7H4BrClN2. The summed E-state index contributed by atoms with van der Waals surface area (Å²) >= 11 is 8.90. The fraction of sp³-hybridized carbons (Fsp3) is 0.143. The van der Waals surface area contributed by atoms with Crippen LogP contribution in [-0.2, 0) is 0 Å². The average molecular weight is 231 g/mol. The zero-order valence-corrected chi connectivity index (χ0v) is 8.07. The van der Waals surface area contributed by atoms with Gasteiger partial charge in [0, 0.05) is 4.47 Å². The van der Waals surface area contributed by atoms with E-state index in [2.05, 4.69) is 20.9 Å². The number of nitriles is 1. The summed E-state index contributed by atoms with van der Waals surface area (Å²) in [5.74, 6) is 0. The molecule has 1 heterocycles. The number of hydrogen-bond donors (Lipinski definition) is 0. The fourth-order valence-corrected chi connectivity index (χ4v) is 1.17. The van der Waals surface area contributed by atoms with Crippen molar-refractivity contribution >= 4 is 27.5 Å². The van der Waals surface area contributed by atoms with Crippen molar-refractivity contribution in [3.8, 4) is 6.07 Å². The number of nitrogens with zero attached hydrogens (tertiary/aromatic N) is 2. The van der Waals surface area contributed by atoms with Gasteiger partial charge in [0.2, 0.25) is 0 Å². The first-order valence-electron chi connectivity index (χ1n) is 2.88. The van der Waals surface area contributed by atoms with E-state index in [0.29, 0.717) is 5.56 Å². The first-order valence-corrected chi connectivity index (χ1v) is 4.05. The minimum atomic E-state index is 0.258. The molecule has 0 aliphatic rings. The third-order valence-electron chi connectivity index (χ3n) is 1.23. The van der Waals surface area contributed by atoms with E-state index in [-0.39, 0.29) is 5.15 Å².